The van der Waals surface area contributed by atoms with Crippen molar-refractivity contribution < 1.29 is 21.6 Å². The highest BCUT2D eigenvalue weighted by molar-refractivity contribution is 7.93. The summed E-state index contributed by atoms with van der Waals surface area (Å²) in [5.41, 5.74) is 1.53. The summed E-state index contributed by atoms with van der Waals surface area (Å²) in [5.74, 6) is -0.253. The molecule has 1 fully saturated rings. The third kappa shape index (κ3) is 5.03. The van der Waals surface area contributed by atoms with Gasteiger partial charge in [-0.3, -0.25) is 0 Å². The number of nitrogens with one attached hydrogen (secondary N) is 1. The van der Waals surface area contributed by atoms with E-state index < -0.39 is 19.7 Å². The summed E-state index contributed by atoms with van der Waals surface area (Å²) >= 11 is 0.849. The number of aryl methyl sites for hydroxylation is 1. The molecule has 2 heterocycles. The molecule has 1 atom stereocenters. The maximum absolute atomic E-state index is 13.3. The van der Waals surface area contributed by atoms with Gasteiger partial charge in [-0.25, -0.2) is 21.8 Å². The summed E-state index contributed by atoms with van der Waals surface area (Å²) < 4.78 is 58.1. The topological polar surface area (TPSA) is 102 Å². The van der Waals surface area contributed by atoms with E-state index >= 15 is 0 Å². The Morgan fingerprint density at radius 1 is 1.06 bits per heavy atom. The van der Waals surface area contributed by atoms with Crippen molar-refractivity contribution in [3.63, 3.8) is 0 Å². The van der Waals surface area contributed by atoms with Gasteiger partial charge in [0.25, 0.3) is 0 Å². The lowest BCUT2D eigenvalue weighted by Gasteiger charge is -2.11. The lowest BCUT2D eigenvalue weighted by atomic mass is 10.2. The number of nitrogens with zero attached hydrogens (tertiary/aromatic N) is 1. The maximum Gasteiger partial charge on any atom is 0.226 e. The highest BCUT2D eigenvalue weighted by Crippen LogP contribution is 2.36. The molecular formula is C22H24N2O5S3. The van der Waals surface area contributed by atoms with Gasteiger partial charge < -0.3 is 10.1 Å². The van der Waals surface area contributed by atoms with Crippen molar-refractivity contribution in [1.82, 2.24) is 4.98 Å². The second kappa shape index (κ2) is 9.30. The van der Waals surface area contributed by atoms with Crippen molar-refractivity contribution in [3.05, 3.63) is 65.7 Å². The molecule has 1 saturated heterocycles. The van der Waals surface area contributed by atoms with Gasteiger partial charge in [0.2, 0.25) is 24.0 Å². The molecule has 2 aromatic carbocycles. The van der Waals surface area contributed by atoms with Crippen LogP contribution in [0, 0.1) is 6.92 Å². The second-order valence-electron chi connectivity index (χ2n) is 7.69. The van der Waals surface area contributed by atoms with E-state index in [2.05, 4.69) is 10.3 Å². The summed E-state index contributed by atoms with van der Waals surface area (Å²) in [6.45, 7) is 2.92. The van der Waals surface area contributed by atoms with Gasteiger partial charge in [0.1, 0.15) is 5.00 Å². The van der Waals surface area contributed by atoms with Crippen molar-refractivity contribution in [1.29, 1.82) is 0 Å². The average Bonchev–Trinajstić information content (AvgIpc) is 3.43. The van der Waals surface area contributed by atoms with Crippen LogP contribution in [0.15, 0.2) is 68.9 Å². The third-order valence-corrected chi connectivity index (χ3v) is 10.1. The van der Waals surface area contributed by atoms with E-state index in [0.717, 1.165) is 29.7 Å². The Kier molecular flexibility index (Phi) is 6.66. The van der Waals surface area contributed by atoms with Crippen molar-refractivity contribution >= 4 is 36.0 Å². The summed E-state index contributed by atoms with van der Waals surface area (Å²) in [4.78, 5) is 4.20. The molecule has 7 nitrogen and oxygen atoms in total. The SMILES string of the molecule is Cc1ccc(S(=O)(=O)c2nc(S(=O)(=O)Cc3ccccc3)sc2NC[C@H]2CCCO2)cc1. The van der Waals surface area contributed by atoms with E-state index in [1.54, 1.807) is 42.5 Å². The Hall–Kier alpha value is -2.27. The van der Waals surface area contributed by atoms with Crippen LogP contribution in [0.5, 0.6) is 0 Å². The molecule has 1 aliphatic heterocycles. The molecule has 1 N–H and O–H groups in total. The van der Waals surface area contributed by atoms with Crippen LogP contribution in [-0.4, -0.2) is 41.1 Å². The first-order valence-electron chi connectivity index (χ1n) is 10.2. The van der Waals surface area contributed by atoms with E-state index in [1.807, 2.05) is 6.92 Å². The standard InChI is InChI=1S/C22H24N2O5S3/c1-16-9-11-19(12-10-16)32(27,28)21-20(23-14-18-8-5-13-29-18)30-22(24-21)31(25,26)15-17-6-3-2-4-7-17/h2-4,6-7,9-12,18,23H,5,8,13-15H2,1H3/t18-/m1/s1. The van der Waals surface area contributed by atoms with Gasteiger partial charge in [-0.2, -0.15) is 0 Å². The Morgan fingerprint density at radius 3 is 2.44 bits per heavy atom. The molecule has 1 aliphatic rings. The van der Waals surface area contributed by atoms with Crippen LogP contribution in [0.3, 0.4) is 0 Å². The monoisotopic (exact) mass is 492 g/mol. The number of anilines is 1. The fourth-order valence-corrected chi connectivity index (χ4v) is 7.75. The Labute approximate surface area is 192 Å². The number of ether oxygens (including phenoxy) is 1. The fraction of sp³-hybridized carbons (Fsp3) is 0.318. The van der Waals surface area contributed by atoms with Crippen LogP contribution in [0.2, 0.25) is 0 Å². The Bertz CT molecular complexity index is 1280. The number of rotatable bonds is 8. The van der Waals surface area contributed by atoms with Crippen LogP contribution in [0.25, 0.3) is 0 Å². The summed E-state index contributed by atoms with van der Waals surface area (Å²) in [7, 11) is -7.84. The van der Waals surface area contributed by atoms with Crippen LogP contribution < -0.4 is 5.32 Å². The third-order valence-electron chi connectivity index (χ3n) is 5.14. The predicted octanol–water partition coefficient (Wildman–Crippen LogP) is 3.85. The highest BCUT2D eigenvalue weighted by Gasteiger charge is 2.31. The van der Waals surface area contributed by atoms with Crippen molar-refractivity contribution in [2.45, 2.75) is 45.9 Å². The summed E-state index contributed by atoms with van der Waals surface area (Å²) in [6, 6.07) is 15.2. The van der Waals surface area contributed by atoms with E-state index in [0.29, 0.717) is 18.7 Å². The van der Waals surface area contributed by atoms with Gasteiger partial charge in [0.15, 0.2) is 5.03 Å². The lowest BCUT2D eigenvalue weighted by Crippen LogP contribution is -2.19. The van der Waals surface area contributed by atoms with E-state index in [1.165, 1.54) is 12.1 Å². The fourth-order valence-electron chi connectivity index (χ4n) is 3.41. The predicted molar refractivity (Wildman–Crippen MR) is 124 cm³/mol. The molecule has 4 rings (SSSR count). The summed E-state index contributed by atoms with van der Waals surface area (Å²) in [6.07, 6.45) is 1.77. The Morgan fingerprint density at radius 2 is 1.78 bits per heavy atom. The minimum Gasteiger partial charge on any atom is -0.376 e. The van der Waals surface area contributed by atoms with Crippen molar-refractivity contribution in [2.75, 3.05) is 18.5 Å². The minimum atomic E-state index is -4.01. The highest BCUT2D eigenvalue weighted by atomic mass is 32.2. The zero-order chi connectivity index (χ0) is 22.8. The van der Waals surface area contributed by atoms with Gasteiger partial charge in [-0.15, -0.1) is 0 Å². The molecule has 170 valence electrons. The first kappa shape index (κ1) is 22.9. The molecular weight excluding hydrogens is 468 g/mol. The molecule has 0 aliphatic carbocycles. The molecule has 0 bridgehead atoms. The molecule has 0 saturated carbocycles. The van der Waals surface area contributed by atoms with Crippen LogP contribution in [-0.2, 0) is 30.2 Å². The second-order valence-corrected chi connectivity index (χ2v) is 12.7. The first-order valence-corrected chi connectivity index (χ1v) is 14.2. The number of hydrogen-bond acceptors (Lipinski definition) is 8. The van der Waals surface area contributed by atoms with Gasteiger partial charge in [-0.1, -0.05) is 59.4 Å². The first-order chi connectivity index (χ1) is 15.3. The van der Waals surface area contributed by atoms with Gasteiger partial charge >= 0.3 is 0 Å². The van der Waals surface area contributed by atoms with Gasteiger partial charge in [0.05, 0.1) is 16.8 Å². The molecule has 1 aromatic heterocycles. The number of thiazole rings is 1. The smallest absolute Gasteiger partial charge is 0.226 e. The maximum atomic E-state index is 13.3. The largest absolute Gasteiger partial charge is 0.376 e. The zero-order valence-corrected chi connectivity index (χ0v) is 20.0. The van der Waals surface area contributed by atoms with Crippen LogP contribution in [0.1, 0.15) is 24.0 Å². The van der Waals surface area contributed by atoms with Crippen LogP contribution in [0.4, 0.5) is 5.00 Å². The molecule has 10 heteroatoms. The van der Waals surface area contributed by atoms with E-state index in [4.69, 9.17) is 4.74 Å². The minimum absolute atomic E-state index is 0.0450. The average molecular weight is 493 g/mol. The lowest BCUT2D eigenvalue weighted by molar-refractivity contribution is 0.120. The zero-order valence-electron chi connectivity index (χ0n) is 17.5. The van der Waals surface area contributed by atoms with E-state index in [9.17, 15) is 16.8 Å². The normalized spacial score (nSPS) is 16.8. The van der Waals surface area contributed by atoms with Gasteiger partial charge in [-0.05, 0) is 37.5 Å². The van der Waals surface area contributed by atoms with Gasteiger partial charge in [0, 0.05) is 13.2 Å². The molecule has 0 unspecified atom stereocenters. The number of hydrogen-bond donors (Lipinski definition) is 1. The molecule has 32 heavy (non-hydrogen) atoms. The van der Waals surface area contributed by atoms with Crippen molar-refractivity contribution in [3.8, 4) is 0 Å². The van der Waals surface area contributed by atoms with Crippen LogP contribution >= 0.6 is 11.3 Å². The van der Waals surface area contributed by atoms with Crippen molar-refractivity contribution in [2.24, 2.45) is 0 Å². The molecule has 0 spiro atoms. The molecule has 0 radical (unpaired) electrons. The molecule has 0 amide bonds. The Balaban J connectivity index is 1.71. The quantitative estimate of drug-likeness (QED) is 0.509. The number of sulfone groups is 2. The molecule has 3 aromatic rings. The van der Waals surface area contributed by atoms with E-state index in [-0.39, 0.29) is 31.1 Å². The number of aromatic nitrogens is 1. The summed E-state index contributed by atoms with van der Waals surface area (Å²) in [5, 5.41) is 3.03. The number of benzene rings is 2.